The lowest BCUT2D eigenvalue weighted by Crippen LogP contribution is -2.45. The van der Waals surface area contributed by atoms with E-state index in [4.69, 9.17) is 0 Å². The zero-order chi connectivity index (χ0) is 19.2. The number of hydrogen-bond acceptors (Lipinski definition) is 5. The summed E-state index contributed by atoms with van der Waals surface area (Å²) in [7, 11) is 0. The lowest BCUT2D eigenvalue weighted by atomic mass is 9.99. The summed E-state index contributed by atoms with van der Waals surface area (Å²) in [6, 6.07) is 9.43. The van der Waals surface area contributed by atoms with Crippen molar-refractivity contribution < 1.29 is 19.5 Å². The largest absolute Gasteiger partial charge is 0.396 e. The van der Waals surface area contributed by atoms with E-state index < -0.39 is 0 Å². The summed E-state index contributed by atoms with van der Waals surface area (Å²) in [6.45, 7) is 0.832. The van der Waals surface area contributed by atoms with E-state index in [1.807, 2.05) is 30.3 Å². The third-order valence-electron chi connectivity index (χ3n) is 4.93. The van der Waals surface area contributed by atoms with Gasteiger partial charge in [0.1, 0.15) is 0 Å². The van der Waals surface area contributed by atoms with Gasteiger partial charge in [0, 0.05) is 32.2 Å². The molecule has 1 aromatic rings. The van der Waals surface area contributed by atoms with Gasteiger partial charge < -0.3 is 10.0 Å². The Morgan fingerprint density at radius 3 is 2.74 bits per heavy atom. The summed E-state index contributed by atoms with van der Waals surface area (Å²) < 4.78 is 0. The average molecular weight is 388 g/mol. The Labute approximate surface area is 163 Å². The summed E-state index contributed by atoms with van der Waals surface area (Å²) in [6.07, 6.45) is 5.31. The fourth-order valence-electron chi connectivity index (χ4n) is 3.52. The number of piperidine rings is 1. The molecule has 1 N–H and O–H groups in total. The van der Waals surface area contributed by atoms with E-state index in [0.29, 0.717) is 17.9 Å². The van der Waals surface area contributed by atoms with Gasteiger partial charge in [0.2, 0.25) is 5.91 Å². The van der Waals surface area contributed by atoms with E-state index in [9.17, 15) is 19.5 Å². The fraction of sp³-hybridized carbons (Fsp3) is 0.450. The lowest BCUT2D eigenvalue weighted by molar-refractivity contribution is -0.135. The van der Waals surface area contributed by atoms with Crippen LogP contribution in [0.25, 0.3) is 6.08 Å². The SMILES string of the molecule is O=C1S/C(=C\c2ccccc2)C(=O)N1CCC(=O)N1CCCC[C@H]1CCO. The zero-order valence-corrected chi connectivity index (χ0v) is 16.0. The molecule has 7 heteroatoms. The smallest absolute Gasteiger partial charge is 0.293 e. The van der Waals surface area contributed by atoms with Gasteiger partial charge in [-0.15, -0.1) is 0 Å². The molecule has 3 rings (SSSR count). The Hall–Kier alpha value is -2.12. The number of thioether (sulfide) groups is 1. The molecule has 2 heterocycles. The van der Waals surface area contributed by atoms with Crippen molar-refractivity contribution in [3.63, 3.8) is 0 Å². The minimum absolute atomic E-state index is 0.0563. The highest BCUT2D eigenvalue weighted by Crippen LogP contribution is 2.32. The van der Waals surface area contributed by atoms with Crippen LogP contribution >= 0.6 is 11.8 Å². The average Bonchev–Trinajstić information content (AvgIpc) is 2.94. The van der Waals surface area contributed by atoms with Crippen LogP contribution in [0.2, 0.25) is 0 Å². The van der Waals surface area contributed by atoms with Crippen LogP contribution in [0.4, 0.5) is 4.79 Å². The fourth-order valence-corrected chi connectivity index (χ4v) is 4.39. The number of carbonyl (C=O) groups excluding carboxylic acids is 3. The molecule has 0 aliphatic carbocycles. The first-order valence-electron chi connectivity index (χ1n) is 9.31. The quantitative estimate of drug-likeness (QED) is 0.758. The van der Waals surface area contributed by atoms with E-state index in [1.54, 1.807) is 11.0 Å². The van der Waals surface area contributed by atoms with Crippen LogP contribution in [0.15, 0.2) is 35.2 Å². The molecule has 0 unspecified atom stereocenters. The topological polar surface area (TPSA) is 77.9 Å². The molecular weight excluding hydrogens is 364 g/mol. The molecule has 27 heavy (non-hydrogen) atoms. The van der Waals surface area contributed by atoms with E-state index in [2.05, 4.69) is 0 Å². The minimum Gasteiger partial charge on any atom is -0.396 e. The lowest BCUT2D eigenvalue weighted by Gasteiger charge is -2.36. The standard InChI is InChI=1S/C20H24N2O4S/c23-13-10-16-8-4-5-11-21(16)18(24)9-12-22-19(25)17(27-20(22)26)14-15-6-2-1-3-7-15/h1-3,6-7,14,16,23H,4-5,8-13H2/b17-14-/t16-/m0/s1. The number of imide groups is 1. The Morgan fingerprint density at radius 2 is 2.00 bits per heavy atom. The van der Waals surface area contributed by atoms with Gasteiger partial charge in [-0.3, -0.25) is 19.3 Å². The first-order valence-corrected chi connectivity index (χ1v) is 10.1. The third-order valence-corrected chi connectivity index (χ3v) is 5.84. The van der Waals surface area contributed by atoms with Crippen molar-refractivity contribution in [2.75, 3.05) is 19.7 Å². The normalized spacial score (nSPS) is 22.0. The first kappa shape index (κ1) is 19.6. The number of aliphatic hydroxyl groups is 1. The Kier molecular flexibility index (Phi) is 6.68. The Morgan fingerprint density at radius 1 is 1.22 bits per heavy atom. The Bertz CT molecular complexity index is 733. The number of amides is 3. The summed E-state index contributed by atoms with van der Waals surface area (Å²) in [5.41, 5.74) is 0.860. The second kappa shape index (κ2) is 9.19. The number of likely N-dealkylation sites (tertiary alicyclic amines) is 1. The van der Waals surface area contributed by atoms with Crippen LogP contribution in [-0.4, -0.2) is 57.7 Å². The molecule has 3 amide bonds. The first-order chi connectivity index (χ1) is 13.1. The molecule has 6 nitrogen and oxygen atoms in total. The molecule has 0 bridgehead atoms. The van der Waals surface area contributed by atoms with E-state index in [0.717, 1.165) is 41.5 Å². The van der Waals surface area contributed by atoms with Crippen molar-refractivity contribution in [1.82, 2.24) is 9.80 Å². The molecule has 2 aliphatic rings. The van der Waals surface area contributed by atoms with Gasteiger partial charge in [0.25, 0.3) is 11.1 Å². The molecule has 0 spiro atoms. The summed E-state index contributed by atoms with van der Waals surface area (Å²) >= 11 is 0.913. The maximum Gasteiger partial charge on any atom is 0.293 e. The highest BCUT2D eigenvalue weighted by atomic mass is 32.2. The zero-order valence-electron chi connectivity index (χ0n) is 15.2. The van der Waals surface area contributed by atoms with Gasteiger partial charge in [0.15, 0.2) is 0 Å². The van der Waals surface area contributed by atoms with E-state index >= 15 is 0 Å². The van der Waals surface area contributed by atoms with Crippen LogP contribution in [-0.2, 0) is 9.59 Å². The van der Waals surface area contributed by atoms with Crippen molar-refractivity contribution >= 4 is 34.9 Å². The van der Waals surface area contributed by atoms with Crippen LogP contribution in [0.3, 0.4) is 0 Å². The summed E-state index contributed by atoms with van der Waals surface area (Å²) in [5.74, 6) is -0.397. The van der Waals surface area contributed by atoms with Crippen molar-refractivity contribution in [3.8, 4) is 0 Å². The molecule has 2 saturated heterocycles. The van der Waals surface area contributed by atoms with Crippen molar-refractivity contribution in [1.29, 1.82) is 0 Å². The molecule has 1 aromatic carbocycles. The van der Waals surface area contributed by atoms with Crippen molar-refractivity contribution in [3.05, 3.63) is 40.8 Å². The second-order valence-electron chi connectivity index (χ2n) is 6.74. The maximum atomic E-state index is 12.6. The van der Waals surface area contributed by atoms with E-state index in [-0.39, 0.29) is 42.7 Å². The minimum atomic E-state index is -0.341. The van der Waals surface area contributed by atoms with Gasteiger partial charge in [-0.2, -0.15) is 0 Å². The molecular formula is C20H24N2O4S. The van der Waals surface area contributed by atoms with Crippen LogP contribution < -0.4 is 0 Å². The molecule has 2 fully saturated rings. The predicted octanol–water partition coefficient (Wildman–Crippen LogP) is 2.88. The molecule has 1 atom stereocenters. The monoisotopic (exact) mass is 388 g/mol. The molecule has 0 saturated carbocycles. The maximum absolute atomic E-state index is 12.6. The number of hydrogen-bond donors (Lipinski definition) is 1. The van der Waals surface area contributed by atoms with Crippen LogP contribution in [0.5, 0.6) is 0 Å². The molecule has 0 radical (unpaired) electrons. The Balaban J connectivity index is 1.60. The van der Waals surface area contributed by atoms with Crippen LogP contribution in [0, 0.1) is 0 Å². The number of benzene rings is 1. The summed E-state index contributed by atoms with van der Waals surface area (Å²) in [4.78, 5) is 40.7. The molecule has 2 aliphatic heterocycles. The van der Waals surface area contributed by atoms with Crippen LogP contribution in [0.1, 0.15) is 37.7 Å². The van der Waals surface area contributed by atoms with Gasteiger partial charge in [0.05, 0.1) is 4.91 Å². The van der Waals surface area contributed by atoms with Crippen molar-refractivity contribution in [2.45, 2.75) is 38.1 Å². The van der Waals surface area contributed by atoms with Gasteiger partial charge in [-0.1, -0.05) is 30.3 Å². The third kappa shape index (κ3) is 4.78. The van der Waals surface area contributed by atoms with Gasteiger partial charge in [-0.05, 0) is 49.1 Å². The summed E-state index contributed by atoms with van der Waals surface area (Å²) in [5, 5.41) is 8.86. The second-order valence-corrected chi connectivity index (χ2v) is 7.74. The molecule has 0 aromatic heterocycles. The predicted molar refractivity (Wildman–Crippen MR) is 105 cm³/mol. The molecule has 144 valence electrons. The number of carbonyl (C=O) groups is 3. The van der Waals surface area contributed by atoms with Crippen molar-refractivity contribution in [2.24, 2.45) is 0 Å². The number of nitrogens with zero attached hydrogens (tertiary/aromatic N) is 2. The highest BCUT2D eigenvalue weighted by Gasteiger charge is 2.36. The van der Waals surface area contributed by atoms with Gasteiger partial charge >= 0.3 is 0 Å². The van der Waals surface area contributed by atoms with E-state index in [1.165, 1.54) is 0 Å². The highest BCUT2D eigenvalue weighted by molar-refractivity contribution is 8.18. The van der Waals surface area contributed by atoms with Gasteiger partial charge in [-0.25, -0.2) is 0 Å². The number of aliphatic hydroxyl groups excluding tert-OH is 1. The number of rotatable bonds is 6.